The molecule has 2 heterocycles. The maximum Gasteiger partial charge on any atom is 0.183 e. The molecule has 0 saturated heterocycles. The van der Waals surface area contributed by atoms with Crippen molar-refractivity contribution in [3.63, 3.8) is 0 Å². The average molecular weight is 207 g/mol. The number of rotatable bonds is 3. The summed E-state index contributed by atoms with van der Waals surface area (Å²) >= 11 is 1.58. The van der Waals surface area contributed by atoms with Gasteiger partial charge in [0, 0.05) is 11.9 Å². The Balaban J connectivity index is 1.95. The van der Waals surface area contributed by atoms with E-state index in [1.54, 1.807) is 24.0 Å². The number of thioether (sulfide) groups is 1. The smallest absolute Gasteiger partial charge is 0.183 e. The Morgan fingerprint density at radius 1 is 1.36 bits per heavy atom. The number of nitrogens with one attached hydrogen (secondary N) is 1. The average Bonchev–Trinajstić information content (AvgIpc) is 2.70. The lowest BCUT2D eigenvalue weighted by molar-refractivity contribution is 0.972. The monoisotopic (exact) mass is 207 g/mol. The minimum atomic E-state index is 0.540. The molecule has 0 bridgehead atoms. The highest BCUT2D eigenvalue weighted by molar-refractivity contribution is 7.98. The van der Waals surface area contributed by atoms with E-state index in [4.69, 9.17) is 5.73 Å². The number of hydrogen-bond donors (Lipinski definition) is 2. The molecule has 0 spiro atoms. The van der Waals surface area contributed by atoms with E-state index in [-0.39, 0.29) is 0 Å². The van der Waals surface area contributed by atoms with Crippen molar-refractivity contribution in [3.05, 3.63) is 30.2 Å². The first kappa shape index (κ1) is 9.01. The molecule has 0 amide bonds. The molecule has 0 aromatic carbocycles. The number of anilines is 1. The van der Waals surface area contributed by atoms with Gasteiger partial charge in [0.1, 0.15) is 12.1 Å². The van der Waals surface area contributed by atoms with Gasteiger partial charge in [0.15, 0.2) is 5.16 Å². The van der Waals surface area contributed by atoms with Crippen LogP contribution in [0.5, 0.6) is 0 Å². The normalized spacial score (nSPS) is 10.3. The predicted molar refractivity (Wildman–Crippen MR) is 54.6 cm³/mol. The topological polar surface area (TPSA) is 80.5 Å². The zero-order valence-electron chi connectivity index (χ0n) is 7.34. The zero-order valence-corrected chi connectivity index (χ0v) is 8.16. The van der Waals surface area contributed by atoms with Gasteiger partial charge in [-0.2, -0.15) is 5.10 Å². The van der Waals surface area contributed by atoms with Gasteiger partial charge in [-0.15, -0.1) is 0 Å². The van der Waals surface area contributed by atoms with Crippen molar-refractivity contribution in [1.29, 1.82) is 0 Å². The first-order valence-electron chi connectivity index (χ1n) is 4.03. The van der Waals surface area contributed by atoms with Crippen molar-refractivity contribution in [3.8, 4) is 0 Å². The van der Waals surface area contributed by atoms with E-state index in [1.807, 2.05) is 6.07 Å². The molecular weight excluding hydrogens is 198 g/mol. The predicted octanol–water partition coefficient (Wildman–Crippen LogP) is 1.07. The lowest BCUT2D eigenvalue weighted by Crippen LogP contribution is -1.90. The van der Waals surface area contributed by atoms with E-state index in [2.05, 4.69) is 20.2 Å². The first-order valence-corrected chi connectivity index (χ1v) is 5.02. The highest BCUT2D eigenvalue weighted by Gasteiger charge is 1.98. The lowest BCUT2D eigenvalue weighted by Gasteiger charge is -1.98. The number of aromatic nitrogens is 4. The summed E-state index contributed by atoms with van der Waals surface area (Å²) in [4.78, 5) is 8.00. The Bertz CT molecular complexity index is 383. The molecule has 72 valence electrons. The molecule has 0 unspecified atom stereocenters. The van der Waals surface area contributed by atoms with Gasteiger partial charge < -0.3 is 5.73 Å². The number of nitrogens with zero attached hydrogens (tertiary/aromatic N) is 3. The van der Waals surface area contributed by atoms with Crippen LogP contribution in [0, 0.1) is 0 Å². The molecule has 2 rings (SSSR count). The summed E-state index contributed by atoms with van der Waals surface area (Å²) in [6, 6.07) is 3.74. The fourth-order valence-corrected chi connectivity index (χ4v) is 1.65. The number of nitrogen functional groups attached to an aromatic ring is 1. The molecule has 6 heteroatoms. The van der Waals surface area contributed by atoms with Crippen LogP contribution in [0.3, 0.4) is 0 Å². The fourth-order valence-electron chi connectivity index (χ4n) is 0.937. The standard InChI is InChI=1S/C8H9N5S/c9-7-2-1-6(3-10-7)4-14-8-11-5-12-13-8/h1-3,5H,4H2,(H2,9,10)(H,11,12,13). The maximum atomic E-state index is 5.47. The summed E-state index contributed by atoms with van der Waals surface area (Å²) in [7, 11) is 0. The number of pyridine rings is 1. The van der Waals surface area contributed by atoms with Gasteiger partial charge >= 0.3 is 0 Å². The fraction of sp³-hybridized carbons (Fsp3) is 0.125. The van der Waals surface area contributed by atoms with Crippen LogP contribution in [-0.4, -0.2) is 20.2 Å². The van der Waals surface area contributed by atoms with Crippen molar-refractivity contribution in [1.82, 2.24) is 20.2 Å². The number of hydrogen-bond acceptors (Lipinski definition) is 5. The van der Waals surface area contributed by atoms with Gasteiger partial charge in [-0.1, -0.05) is 17.8 Å². The van der Waals surface area contributed by atoms with Crippen LogP contribution in [0.15, 0.2) is 29.8 Å². The second-order valence-electron chi connectivity index (χ2n) is 2.67. The molecule has 0 radical (unpaired) electrons. The van der Waals surface area contributed by atoms with E-state index < -0.39 is 0 Å². The molecule has 0 saturated carbocycles. The summed E-state index contributed by atoms with van der Waals surface area (Å²) in [5.74, 6) is 1.35. The van der Waals surface area contributed by atoms with Crippen LogP contribution in [0.2, 0.25) is 0 Å². The zero-order chi connectivity index (χ0) is 9.80. The van der Waals surface area contributed by atoms with Gasteiger partial charge in [0.05, 0.1) is 0 Å². The van der Waals surface area contributed by atoms with Crippen LogP contribution in [0.1, 0.15) is 5.56 Å². The van der Waals surface area contributed by atoms with Crippen LogP contribution in [-0.2, 0) is 5.75 Å². The molecule has 2 aromatic heterocycles. The van der Waals surface area contributed by atoms with Crippen LogP contribution < -0.4 is 5.73 Å². The molecule has 2 aromatic rings. The van der Waals surface area contributed by atoms with Gasteiger partial charge in [0.25, 0.3) is 0 Å². The third-order valence-corrected chi connectivity index (χ3v) is 2.56. The maximum absolute atomic E-state index is 5.47. The molecule has 14 heavy (non-hydrogen) atoms. The van der Waals surface area contributed by atoms with Gasteiger partial charge in [-0.25, -0.2) is 9.97 Å². The third-order valence-electron chi connectivity index (χ3n) is 1.62. The Labute approximate surface area is 85.2 Å². The molecule has 0 aliphatic rings. The molecule has 0 atom stereocenters. The van der Waals surface area contributed by atoms with Crippen LogP contribution in [0.4, 0.5) is 5.82 Å². The van der Waals surface area contributed by atoms with Crippen molar-refractivity contribution < 1.29 is 0 Å². The number of aromatic amines is 1. The molecule has 5 nitrogen and oxygen atoms in total. The van der Waals surface area contributed by atoms with Crippen molar-refractivity contribution in [2.45, 2.75) is 10.9 Å². The van der Waals surface area contributed by atoms with Crippen molar-refractivity contribution in [2.75, 3.05) is 5.73 Å². The Morgan fingerprint density at radius 3 is 2.93 bits per heavy atom. The van der Waals surface area contributed by atoms with Gasteiger partial charge in [-0.05, 0) is 11.6 Å². The minimum absolute atomic E-state index is 0.540. The van der Waals surface area contributed by atoms with Crippen molar-refractivity contribution >= 4 is 17.6 Å². The van der Waals surface area contributed by atoms with E-state index in [9.17, 15) is 0 Å². The molecule has 0 aliphatic heterocycles. The number of nitrogens with two attached hydrogens (primary N) is 1. The first-order chi connectivity index (χ1) is 6.84. The molecule has 3 N–H and O–H groups in total. The Morgan fingerprint density at radius 2 is 2.29 bits per heavy atom. The van der Waals surface area contributed by atoms with E-state index in [0.717, 1.165) is 16.5 Å². The quantitative estimate of drug-likeness (QED) is 0.736. The largest absolute Gasteiger partial charge is 0.384 e. The third kappa shape index (κ3) is 2.23. The van der Waals surface area contributed by atoms with E-state index >= 15 is 0 Å². The SMILES string of the molecule is Nc1ccc(CSc2ncn[nH]2)cn1. The summed E-state index contributed by atoms with van der Waals surface area (Å²) in [5.41, 5.74) is 6.58. The Kier molecular flexibility index (Phi) is 2.64. The second-order valence-corrected chi connectivity index (χ2v) is 3.63. The Hall–Kier alpha value is -1.56. The molecule has 0 aliphatic carbocycles. The minimum Gasteiger partial charge on any atom is -0.384 e. The molecular formula is C8H9N5S. The van der Waals surface area contributed by atoms with E-state index in [0.29, 0.717) is 5.82 Å². The highest BCUT2D eigenvalue weighted by atomic mass is 32.2. The summed E-state index contributed by atoms with van der Waals surface area (Å²) in [6.45, 7) is 0. The van der Waals surface area contributed by atoms with Crippen LogP contribution >= 0.6 is 11.8 Å². The number of H-pyrrole nitrogens is 1. The summed E-state index contributed by atoms with van der Waals surface area (Å²) in [6.07, 6.45) is 3.25. The highest BCUT2D eigenvalue weighted by Crippen LogP contribution is 2.17. The van der Waals surface area contributed by atoms with Gasteiger partial charge in [-0.3, -0.25) is 5.10 Å². The lowest BCUT2D eigenvalue weighted by atomic mass is 10.3. The second kappa shape index (κ2) is 4.10. The molecule has 0 fully saturated rings. The van der Waals surface area contributed by atoms with Crippen molar-refractivity contribution in [2.24, 2.45) is 0 Å². The van der Waals surface area contributed by atoms with Gasteiger partial charge in [0.2, 0.25) is 0 Å². The summed E-state index contributed by atoms with van der Waals surface area (Å²) in [5, 5.41) is 7.34. The summed E-state index contributed by atoms with van der Waals surface area (Å²) < 4.78 is 0. The van der Waals surface area contributed by atoms with E-state index in [1.165, 1.54) is 6.33 Å². The van der Waals surface area contributed by atoms with Crippen LogP contribution in [0.25, 0.3) is 0 Å².